The predicted molar refractivity (Wildman–Crippen MR) is 58.6 cm³/mol. The van der Waals surface area contributed by atoms with Crippen molar-refractivity contribution in [3.8, 4) is 0 Å². The molecule has 13 heavy (non-hydrogen) atoms. The van der Waals surface area contributed by atoms with Gasteiger partial charge in [0.1, 0.15) is 5.82 Å². The summed E-state index contributed by atoms with van der Waals surface area (Å²) in [6.45, 7) is 4.34. The van der Waals surface area contributed by atoms with Gasteiger partial charge in [0.05, 0.1) is 16.7 Å². The van der Waals surface area contributed by atoms with Gasteiger partial charge in [0.15, 0.2) is 0 Å². The number of rotatable bonds is 4. The molecule has 0 fully saturated rings. The van der Waals surface area contributed by atoms with Crippen LogP contribution in [0.4, 0.5) is 5.82 Å². The molecule has 0 saturated carbocycles. The summed E-state index contributed by atoms with van der Waals surface area (Å²) in [5.41, 5.74) is 5.86. The lowest BCUT2D eigenvalue weighted by atomic mass is 10.1. The number of nitrogen functional groups attached to an aromatic ring is 1. The summed E-state index contributed by atoms with van der Waals surface area (Å²) in [7, 11) is 0. The van der Waals surface area contributed by atoms with E-state index in [1.807, 2.05) is 4.68 Å². The smallest absolute Gasteiger partial charge is 0.136 e. The van der Waals surface area contributed by atoms with Crippen molar-refractivity contribution in [2.45, 2.75) is 39.2 Å². The van der Waals surface area contributed by atoms with Crippen LogP contribution in [0.2, 0.25) is 0 Å². The Morgan fingerprint density at radius 3 is 2.69 bits per heavy atom. The highest BCUT2D eigenvalue weighted by molar-refractivity contribution is 9.10. The molecular weight excluding hydrogens is 230 g/mol. The number of halogens is 1. The van der Waals surface area contributed by atoms with E-state index >= 15 is 0 Å². The van der Waals surface area contributed by atoms with Crippen LogP contribution >= 0.6 is 15.9 Å². The Kier molecular flexibility index (Phi) is 3.78. The molecule has 0 radical (unpaired) electrons. The minimum atomic E-state index is 0.441. The van der Waals surface area contributed by atoms with Gasteiger partial charge in [0, 0.05) is 0 Å². The summed E-state index contributed by atoms with van der Waals surface area (Å²) in [5.74, 6) is 0.736. The molecule has 0 aliphatic carbocycles. The first-order valence-corrected chi connectivity index (χ1v) is 5.48. The number of nitrogens with two attached hydrogens (primary N) is 1. The van der Waals surface area contributed by atoms with Crippen LogP contribution in [0.1, 0.15) is 39.2 Å². The van der Waals surface area contributed by atoms with Crippen molar-refractivity contribution in [2.24, 2.45) is 0 Å². The largest absolute Gasteiger partial charge is 0.383 e. The lowest BCUT2D eigenvalue weighted by Gasteiger charge is -2.15. The molecule has 2 N–H and O–H groups in total. The van der Waals surface area contributed by atoms with E-state index in [2.05, 4.69) is 34.9 Å². The average molecular weight is 246 g/mol. The van der Waals surface area contributed by atoms with Crippen molar-refractivity contribution < 1.29 is 0 Å². The van der Waals surface area contributed by atoms with E-state index in [1.54, 1.807) is 6.20 Å². The Morgan fingerprint density at radius 2 is 2.31 bits per heavy atom. The molecule has 0 aliphatic heterocycles. The number of hydrogen-bond donors (Lipinski definition) is 1. The number of nitrogens with zero attached hydrogens (tertiary/aromatic N) is 2. The van der Waals surface area contributed by atoms with Gasteiger partial charge in [-0.3, -0.25) is 0 Å². The van der Waals surface area contributed by atoms with Gasteiger partial charge in [-0.2, -0.15) is 5.10 Å². The van der Waals surface area contributed by atoms with E-state index in [1.165, 1.54) is 0 Å². The molecule has 0 aromatic carbocycles. The highest BCUT2D eigenvalue weighted by Crippen LogP contribution is 2.25. The van der Waals surface area contributed by atoms with Crippen LogP contribution in [0.5, 0.6) is 0 Å². The van der Waals surface area contributed by atoms with E-state index < -0.39 is 0 Å². The van der Waals surface area contributed by atoms with Crippen molar-refractivity contribution in [1.82, 2.24) is 9.78 Å². The van der Waals surface area contributed by atoms with Crippen LogP contribution in [-0.4, -0.2) is 9.78 Å². The molecule has 0 saturated heterocycles. The normalized spacial score (nSPS) is 13.2. The van der Waals surface area contributed by atoms with Crippen molar-refractivity contribution >= 4 is 21.7 Å². The molecule has 0 amide bonds. The van der Waals surface area contributed by atoms with Gasteiger partial charge in [0.2, 0.25) is 0 Å². The summed E-state index contributed by atoms with van der Waals surface area (Å²) in [4.78, 5) is 0. The maximum atomic E-state index is 5.86. The van der Waals surface area contributed by atoms with Gasteiger partial charge in [-0.15, -0.1) is 0 Å². The Hall–Kier alpha value is -0.510. The third-order valence-electron chi connectivity index (χ3n) is 2.23. The maximum Gasteiger partial charge on any atom is 0.136 e. The quantitative estimate of drug-likeness (QED) is 0.887. The highest BCUT2D eigenvalue weighted by Gasteiger charge is 2.12. The molecule has 0 spiro atoms. The van der Waals surface area contributed by atoms with Gasteiger partial charge < -0.3 is 5.73 Å². The second-order valence-electron chi connectivity index (χ2n) is 3.17. The molecule has 1 atom stereocenters. The second kappa shape index (κ2) is 4.65. The molecule has 3 nitrogen and oxygen atoms in total. The SMILES string of the molecule is CCCC(CC)n1ncc(Br)c1N. The number of anilines is 1. The minimum Gasteiger partial charge on any atom is -0.383 e. The van der Waals surface area contributed by atoms with Crippen molar-refractivity contribution in [3.63, 3.8) is 0 Å². The van der Waals surface area contributed by atoms with Gasteiger partial charge in [0.25, 0.3) is 0 Å². The van der Waals surface area contributed by atoms with Gasteiger partial charge in [-0.25, -0.2) is 4.68 Å². The van der Waals surface area contributed by atoms with Gasteiger partial charge in [-0.05, 0) is 28.8 Å². The van der Waals surface area contributed by atoms with Gasteiger partial charge in [-0.1, -0.05) is 20.3 Å². The maximum absolute atomic E-state index is 5.86. The third-order valence-corrected chi connectivity index (χ3v) is 2.84. The van der Waals surface area contributed by atoms with Crippen LogP contribution in [0.15, 0.2) is 10.7 Å². The summed E-state index contributed by atoms with van der Waals surface area (Å²) in [6.07, 6.45) is 5.13. The fourth-order valence-electron chi connectivity index (χ4n) is 1.47. The van der Waals surface area contributed by atoms with Crippen LogP contribution in [0.25, 0.3) is 0 Å². The molecule has 0 bridgehead atoms. The zero-order valence-corrected chi connectivity index (χ0v) is 9.71. The molecule has 1 heterocycles. The van der Waals surface area contributed by atoms with Crippen LogP contribution in [0.3, 0.4) is 0 Å². The lowest BCUT2D eigenvalue weighted by molar-refractivity contribution is 0.414. The molecular formula is C9H16BrN3. The van der Waals surface area contributed by atoms with E-state index in [0.717, 1.165) is 29.6 Å². The van der Waals surface area contributed by atoms with Crippen LogP contribution in [-0.2, 0) is 0 Å². The van der Waals surface area contributed by atoms with Crippen LogP contribution < -0.4 is 5.73 Å². The highest BCUT2D eigenvalue weighted by atomic mass is 79.9. The summed E-state index contributed by atoms with van der Waals surface area (Å²) >= 11 is 3.36. The fraction of sp³-hybridized carbons (Fsp3) is 0.667. The predicted octanol–water partition coefficient (Wildman–Crippen LogP) is 2.98. The number of aromatic nitrogens is 2. The van der Waals surface area contributed by atoms with Crippen molar-refractivity contribution in [3.05, 3.63) is 10.7 Å². The Bertz CT molecular complexity index is 270. The zero-order valence-electron chi connectivity index (χ0n) is 8.13. The van der Waals surface area contributed by atoms with Crippen molar-refractivity contribution in [1.29, 1.82) is 0 Å². The Labute approximate surface area is 87.4 Å². The molecule has 4 heteroatoms. The summed E-state index contributed by atoms with van der Waals surface area (Å²) in [6, 6.07) is 0.441. The Balaban J connectivity index is 2.84. The average Bonchev–Trinajstić information content (AvgIpc) is 2.45. The summed E-state index contributed by atoms with van der Waals surface area (Å²) in [5, 5.41) is 4.25. The third kappa shape index (κ3) is 2.24. The topological polar surface area (TPSA) is 43.8 Å². The van der Waals surface area contributed by atoms with E-state index in [9.17, 15) is 0 Å². The van der Waals surface area contributed by atoms with Crippen molar-refractivity contribution in [2.75, 3.05) is 5.73 Å². The molecule has 1 aromatic heterocycles. The van der Waals surface area contributed by atoms with E-state index in [4.69, 9.17) is 5.73 Å². The Morgan fingerprint density at radius 1 is 1.62 bits per heavy atom. The second-order valence-corrected chi connectivity index (χ2v) is 4.03. The first-order valence-electron chi connectivity index (χ1n) is 4.69. The summed E-state index contributed by atoms with van der Waals surface area (Å²) < 4.78 is 2.80. The molecule has 1 unspecified atom stereocenters. The lowest BCUT2D eigenvalue weighted by Crippen LogP contribution is -2.12. The van der Waals surface area contributed by atoms with Gasteiger partial charge >= 0.3 is 0 Å². The monoisotopic (exact) mass is 245 g/mol. The van der Waals surface area contributed by atoms with E-state index in [0.29, 0.717) is 6.04 Å². The minimum absolute atomic E-state index is 0.441. The number of hydrogen-bond acceptors (Lipinski definition) is 2. The zero-order chi connectivity index (χ0) is 9.84. The molecule has 1 aromatic rings. The first kappa shape index (κ1) is 10.6. The molecule has 1 rings (SSSR count). The first-order chi connectivity index (χ1) is 6.20. The standard InChI is InChI=1S/C9H16BrN3/c1-3-5-7(4-2)13-9(11)8(10)6-12-13/h6-7H,3-5,11H2,1-2H3. The fourth-order valence-corrected chi connectivity index (χ4v) is 1.75. The van der Waals surface area contributed by atoms with Crippen LogP contribution in [0, 0.1) is 0 Å². The molecule has 0 aliphatic rings. The molecule has 74 valence electrons. The van der Waals surface area contributed by atoms with E-state index in [-0.39, 0.29) is 0 Å².